The minimum Gasteiger partial charge on any atom is -0.491 e. The van der Waals surface area contributed by atoms with E-state index in [0.717, 1.165) is 5.52 Å². The predicted octanol–water partition coefficient (Wildman–Crippen LogP) is 2.46. The molecule has 12 heteroatoms. The maximum Gasteiger partial charge on any atom is 0.261 e. The summed E-state index contributed by atoms with van der Waals surface area (Å²) in [5, 5.41) is 7.22. The highest BCUT2D eigenvalue weighted by Gasteiger charge is 2.31. The van der Waals surface area contributed by atoms with E-state index in [-0.39, 0.29) is 5.56 Å². The maximum absolute atomic E-state index is 13.4. The van der Waals surface area contributed by atoms with Crippen molar-refractivity contribution in [3.8, 4) is 17.1 Å². The summed E-state index contributed by atoms with van der Waals surface area (Å²) in [5.41, 5.74) is 3.13. The fourth-order valence-electron chi connectivity index (χ4n) is 4.00. The lowest BCUT2D eigenvalue weighted by Gasteiger charge is -2.30. The van der Waals surface area contributed by atoms with Gasteiger partial charge in [-0.3, -0.25) is 9.48 Å². The van der Waals surface area contributed by atoms with Crippen molar-refractivity contribution in [3.05, 3.63) is 59.0 Å². The first-order valence-electron chi connectivity index (χ1n) is 11.4. The SMILES string of the molecule is CCC([Si])(Nc1c(-c2nc3ccc(OCCOC)cc3[nH]2)c(=O)[nH]c2cn(C)nc12)c1ncccn1. The minimum absolute atomic E-state index is 0.312. The number of imidazole rings is 1. The Morgan fingerprint density at radius 2 is 1.97 bits per heavy atom. The van der Waals surface area contributed by atoms with Crippen molar-refractivity contribution in [2.24, 2.45) is 7.05 Å². The summed E-state index contributed by atoms with van der Waals surface area (Å²) in [6.07, 6.45) is 5.69. The van der Waals surface area contributed by atoms with Crippen LogP contribution in [-0.4, -0.2) is 65.3 Å². The summed E-state index contributed by atoms with van der Waals surface area (Å²) in [4.78, 5) is 33.2. The molecule has 0 aliphatic rings. The molecule has 0 bridgehead atoms. The van der Waals surface area contributed by atoms with Crippen LogP contribution in [0.3, 0.4) is 0 Å². The molecule has 1 aromatic carbocycles. The molecule has 0 aliphatic carbocycles. The largest absolute Gasteiger partial charge is 0.491 e. The minimum atomic E-state index is -0.859. The fraction of sp³-hybridized carbons (Fsp3) is 0.292. The van der Waals surface area contributed by atoms with Gasteiger partial charge < -0.3 is 24.8 Å². The lowest BCUT2D eigenvalue weighted by molar-refractivity contribution is 0.146. The summed E-state index contributed by atoms with van der Waals surface area (Å²) in [6, 6.07) is 7.28. The van der Waals surface area contributed by atoms with Crippen LogP contribution in [0.4, 0.5) is 5.69 Å². The molecule has 3 radical (unpaired) electrons. The zero-order valence-corrected chi connectivity index (χ0v) is 21.1. The van der Waals surface area contributed by atoms with E-state index in [1.54, 1.807) is 43.5 Å². The number of nitrogens with zero attached hydrogens (tertiary/aromatic N) is 5. The van der Waals surface area contributed by atoms with Gasteiger partial charge in [0.2, 0.25) is 0 Å². The Bertz CT molecular complexity index is 1580. The number of aryl methyl sites for hydroxylation is 1. The first-order chi connectivity index (χ1) is 17.4. The van der Waals surface area contributed by atoms with Gasteiger partial charge in [0.1, 0.15) is 35.1 Å². The highest BCUT2D eigenvalue weighted by atomic mass is 28.1. The molecule has 0 amide bonds. The van der Waals surface area contributed by atoms with Crippen molar-refractivity contribution < 1.29 is 9.47 Å². The molecule has 0 fully saturated rings. The fourth-order valence-corrected chi connectivity index (χ4v) is 4.26. The molecular formula is C24H25N8O3Si. The third-order valence-electron chi connectivity index (χ3n) is 5.85. The summed E-state index contributed by atoms with van der Waals surface area (Å²) >= 11 is 0. The molecule has 0 spiro atoms. The second-order valence-corrected chi connectivity index (χ2v) is 9.18. The van der Waals surface area contributed by atoms with E-state index in [2.05, 4.69) is 40.6 Å². The topological polar surface area (TPSA) is 136 Å². The van der Waals surface area contributed by atoms with Crippen molar-refractivity contribution in [3.63, 3.8) is 0 Å². The number of methoxy groups -OCH3 is 1. The number of hydrogen-bond acceptors (Lipinski definition) is 8. The molecule has 5 rings (SSSR count). The molecular weight excluding hydrogens is 476 g/mol. The molecule has 36 heavy (non-hydrogen) atoms. The normalized spacial score (nSPS) is 13.2. The molecule has 0 saturated heterocycles. The van der Waals surface area contributed by atoms with E-state index in [1.807, 2.05) is 25.1 Å². The van der Waals surface area contributed by atoms with Gasteiger partial charge in [-0.15, -0.1) is 0 Å². The first kappa shape index (κ1) is 23.7. The summed E-state index contributed by atoms with van der Waals surface area (Å²) in [5.74, 6) is 1.60. The van der Waals surface area contributed by atoms with Crippen LogP contribution in [-0.2, 0) is 16.9 Å². The van der Waals surface area contributed by atoms with Crippen LogP contribution >= 0.6 is 0 Å². The molecule has 0 saturated carbocycles. The van der Waals surface area contributed by atoms with Gasteiger partial charge >= 0.3 is 0 Å². The van der Waals surface area contributed by atoms with Crippen molar-refractivity contribution in [1.29, 1.82) is 0 Å². The third kappa shape index (κ3) is 4.36. The number of benzene rings is 1. The number of rotatable bonds is 9. The number of fused-ring (bicyclic) bond motifs is 2. The van der Waals surface area contributed by atoms with E-state index in [4.69, 9.17) is 14.5 Å². The Balaban J connectivity index is 1.66. The summed E-state index contributed by atoms with van der Waals surface area (Å²) < 4.78 is 12.4. The number of H-pyrrole nitrogens is 2. The summed E-state index contributed by atoms with van der Waals surface area (Å²) in [7, 11) is 7.28. The third-order valence-corrected chi connectivity index (χ3v) is 6.56. The molecule has 183 valence electrons. The molecule has 11 nitrogen and oxygen atoms in total. The lowest BCUT2D eigenvalue weighted by atomic mass is 10.1. The number of nitrogens with one attached hydrogen (secondary N) is 3. The average molecular weight is 502 g/mol. The van der Waals surface area contributed by atoms with Crippen molar-refractivity contribution in [1.82, 2.24) is 34.7 Å². The second kappa shape index (κ2) is 9.55. The van der Waals surface area contributed by atoms with Gasteiger partial charge in [-0.1, -0.05) is 6.92 Å². The van der Waals surface area contributed by atoms with Gasteiger partial charge in [0.15, 0.2) is 0 Å². The number of aromatic nitrogens is 7. The number of ether oxygens (including phenoxy) is 2. The monoisotopic (exact) mass is 501 g/mol. The lowest BCUT2D eigenvalue weighted by Crippen LogP contribution is -2.38. The highest BCUT2D eigenvalue weighted by Crippen LogP contribution is 2.34. The van der Waals surface area contributed by atoms with Crippen LogP contribution in [0, 0.1) is 0 Å². The number of pyridine rings is 1. The van der Waals surface area contributed by atoms with E-state index in [0.29, 0.717) is 64.8 Å². The van der Waals surface area contributed by atoms with Crippen LogP contribution in [0.1, 0.15) is 19.2 Å². The quantitative estimate of drug-likeness (QED) is 0.207. The van der Waals surface area contributed by atoms with Gasteiger partial charge in [-0.2, -0.15) is 5.10 Å². The van der Waals surface area contributed by atoms with Gasteiger partial charge in [-0.05, 0) is 24.6 Å². The number of anilines is 1. The molecule has 1 atom stereocenters. The zero-order chi connectivity index (χ0) is 25.3. The van der Waals surface area contributed by atoms with Gasteiger partial charge in [0, 0.05) is 38.8 Å². The van der Waals surface area contributed by atoms with Gasteiger partial charge in [0.05, 0.1) is 44.2 Å². The molecule has 4 heterocycles. The average Bonchev–Trinajstić information content (AvgIpc) is 3.46. The Morgan fingerprint density at radius 3 is 2.72 bits per heavy atom. The van der Waals surface area contributed by atoms with E-state index in [1.165, 1.54) is 0 Å². The van der Waals surface area contributed by atoms with Crippen LogP contribution in [0.15, 0.2) is 47.7 Å². The Morgan fingerprint density at radius 1 is 1.17 bits per heavy atom. The van der Waals surface area contributed by atoms with E-state index >= 15 is 0 Å². The highest BCUT2D eigenvalue weighted by molar-refractivity contribution is 6.17. The standard InChI is InChI=1S/C24H25N8O3Si/c1-4-24(36,23-25-8-5-9-26-23)30-20-18(22(33)29-17-13-32(2)31-19(17)20)21-27-15-7-6-14(12-16(15)28-21)35-11-10-34-3/h5-9,12-13,30H,4,10-11H2,1-3H3,(H,27,28)(H,29,33). The molecule has 1 unspecified atom stereocenters. The Kier molecular flexibility index (Phi) is 6.29. The molecule has 0 aliphatic heterocycles. The molecule has 4 aromatic heterocycles. The molecule has 3 N–H and O–H groups in total. The van der Waals surface area contributed by atoms with Crippen LogP contribution in [0.25, 0.3) is 33.5 Å². The van der Waals surface area contributed by atoms with Gasteiger partial charge in [-0.25, -0.2) is 15.0 Å². The van der Waals surface area contributed by atoms with Gasteiger partial charge in [0.25, 0.3) is 5.56 Å². The van der Waals surface area contributed by atoms with E-state index < -0.39 is 5.16 Å². The smallest absolute Gasteiger partial charge is 0.261 e. The van der Waals surface area contributed by atoms with Crippen molar-refractivity contribution in [2.45, 2.75) is 18.5 Å². The Hall–Kier alpha value is -4.03. The van der Waals surface area contributed by atoms with Crippen LogP contribution < -0.4 is 15.6 Å². The van der Waals surface area contributed by atoms with Crippen molar-refractivity contribution in [2.75, 3.05) is 25.6 Å². The zero-order valence-electron chi connectivity index (χ0n) is 20.1. The van der Waals surface area contributed by atoms with Crippen LogP contribution in [0.5, 0.6) is 5.75 Å². The first-order valence-corrected chi connectivity index (χ1v) is 11.9. The number of hydrogen-bond donors (Lipinski definition) is 3. The van der Waals surface area contributed by atoms with Crippen LogP contribution in [0.2, 0.25) is 0 Å². The number of aromatic amines is 2. The van der Waals surface area contributed by atoms with Crippen molar-refractivity contribution >= 4 is 38.0 Å². The molecule has 5 aromatic rings. The second-order valence-electron chi connectivity index (χ2n) is 8.33. The summed E-state index contributed by atoms with van der Waals surface area (Å²) in [6.45, 7) is 2.90. The maximum atomic E-state index is 13.4. The van der Waals surface area contributed by atoms with E-state index in [9.17, 15) is 4.79 Å². The Labute approximate surface area is 209 Å². The predicted molar refractivity (Wildman–Crippen MR) is 137 cm³/mol.